The second-order valence-electron chi connectivity index (χ2n) is 6.48. The van der Waals surface area contributed by atoms with Crippen LogP contribution in [0.2, 0.25) is 0 Å². The molecule has 1 N–H and O–H groups in total. The molecule has 0 bridgehead atoms. The number of nitrogens with one attached hydrogen (secondary N) is 1. The van der Waals surface area contributed by atoms with Crippen molar-refractivity contribution in [3.63, 3.8) is 0 Å². The molecular formula is C15H27N3OS. The van der Waals surface area contributed by atoms with Crippen molar-refractivity contribution in [2.24, 2.45) is 0 Å². The van der Waals surface area contributed by atoms with E-state index < -0.39 is 0 Å². The number of morpholine rings is 1. The number of fused-ring (bicyclic) bond motifs is 1. The first kappa shape index (κ1) is 14.5. The quantitative estimate of drug-likeness (QED) is 0.742. The molecule has 0 unspecified atom stereocenters. The Kier molecular flexibility index (Phi) is 4.79. The van der Waals surface area contributed by atoms with Crippen LogP contribution < -0.4 is 5.32 Å². The number of piperidine rings is 1. The number of likely N-dealkylation sites (tertiary alicyclic amines) is 1. The van der Waals surface area contributed by atoms with Crippen molar-refractivity contribution < 1.29 is 4.74 Å². The predicted octanol–water partition coefficient (Wildman–Crippen LogP) is 1.60. The number of thiocarbonyl (C=S) groups is 1. The first-order valence-electron chi connectivity index (χ1n) is 8.11. The molecule has 3 rings (SSSR count). The van der Waals surface area contributed by atoms with Gasteiger partial charge in [-0.05, 0) is 58.0 Å². The van der Waals surface area contributed by atoms with E-state index in [1.807, 2.05) is 0 Å². The summed E-state index contributed by atoms with van der Waals surface area (Å²) in [6, 6.07) is 1.08. The van der Waals surface area contributed by atoms with Gasteiger partial charge in [-0.2, -0.15) is 0 Å². The Hall–Kier alpha value is -0.390. The summed E-state index contributed by atoms with van der Waals surface area (Å²) in [6.07, 6.45) is 7.89. The highest BCUT2D eigenvalue weighted by molar-refractivity contribution is 7.80. The fraction of sp³-hybridized carbons (Fsp3) is 0.933. The Morgan fingerprint density at radius 2 is 1.85 bits per heavy atom. The predicted molar refractivity (Wildman–Crippen MR) is 85.0 cm³/mol. The van der Waals surface area contributed by atoms with Gasteiger partial charge in [-0.3, -0.25) is 0 Å². The summed E-state index contributed by atoms with van der Waals surface area (Å²) < 4.78 is 5.93. The highest BCUT2D eigenvalue weighted by atomic mass is 32.1. The third-order valence-electron chi connectivity index (χ3n) is 5.04. The van der Waals surface area contributed by atoms with Crippen LogP contribution in [0.25, 0.3) is 0 Å². The number of nitrogens with zero attached hydrogens (tertiary/aromatic N) is 2. The van der Waals surface area contributed by atoms with E-state index >= 15 is 0 Å². The zero-order valence-corrected chi connectivity index (χ0v) is 13.3. The van der Waals surface area contributed by atoms with E-state index in [-0.39, 0.29) is 0 Å². The zero-order valence-electron chi connectivity index (χ0n) is 12.5. The van der Waals surface area contributed by atoms with Crippen LogP contribution in [0.15, 0.2) is 0 Å². The highest BCUT2D eigenvalue weighted by Gasteiger charge is 2.35. The minimum atomic E-state index is 0.412. The Labute approximate surface area is 127 Å². The summed E-state index contributed by atoms with van der Waals surface area (Å²) in [5.74, 6) is 0. The molecule has 0 aromatic rings. The van der Waals surface area contributed by atoms with Gasteiger partial charge in [0.1, 0.15) is 0 Å². The molecular weight excluding hydrogens is 270 g/mol. The van der Waals surface area contributed by atoms with Crippen molar-refractivity contribution in [3.8, 4) is 0 Å². The van der Waals surface area contributed by atoms with E-state index in [0.29, 0.717) is 18.2 Å². The maximum absolute atomic E-state index is 5.93. The molecule has 2 atom stereocenters. The molecule has 1 aliphatic carbocycles. The summed E-state index contributed by atoms with van der Waals surface area (Å²) in [4.78, 5) is 4.81. The minimum Gasteiger partial charge on any atom is -0.374 e. The standard InChI is InChI=1S/C15H27N3OS/c1-17-8-6-12(7-9-17)16-15(20)18-10-11-19-14-5-3-2-4-13(14)18/h12-14H,2-11H2,1H3,(H,16,20)/t13-,14-/m0/s1. The molecule has 0 spiro atoms. The van der Waals surface area contributed by atoms with Crippen LogP contribution in [0.4, 0.5) is 0 Å². The maximum Gasteiger partial charge on any atom is 0.169 e. The topological polar surface area (TPSA) is 27.7 Å². The second kappa shape index (κ2) is 6.58. The first-order chi connectivity index (χ1) is 9.74. The van der Waals surface area contributed by atoms with Crippen LogP contribution in [-0.2, 0) is 4.74 Å². The average Bonchev–Trinajstić information content (AvgIpc) is 2.49. The van der Waals surface area contributed by atoms with E-state index in [1.54, 1.807) is 0 Å². The third-order valence-corrected chi connectivity index (χ3v) is 5.39. The van der Waals surface area contributed by atoms with Gasteiger partial charge in [0.25, 0.3) is 0 Å². The Bertz CT molecular complexity index is 342. The van der Waals surface area contributed by atoms with Gasteiger partial charge < -0.3 is 19.9 Å². The number of ether oxygens (including phenoxy) is 1. The summed E-state index contributed by atoms with van der Waals surface area (Å²) in [5, 5.41) is 4.59. The molecule has 4 nitrogen and oxygen atoms in total. The zero-order chi connectivity index (χ0) is 13.9. The molecule has 0 amide bonds. The van der Waals surface area contributed by atoms with Gasteiger partial charge in [0, 0.05) is 12.6 Å². The number of hydrogen-bond acceptors (Lipinski definition) is 3. The van der Waals surface area contributed by atoms with Crippen molar-refractivity contribution >= 4 is 17.3 Å². The minimum absolute atomic E-state index is 0.412. The van der Waals surface area contributed by atoms with Crippen LogP contribution in [0, 0.1) is 0 Å². The van der Waals surface area contributed by atoms with Crippen LogP contribution in [0.5, 0.6) is 0 Å². The van der Waals surface area contributed by atoms with Gasteiger partial charge in [-0.25, -0.2) is 0 Å². The van der Waals surface area contributed by atoms with Gasteiger partial charge in [-0.15, -0.1) is 0 Å². The Morgan fingerprint density at radius 3 is 2.65 bits per heavy atom. The van der Waals surface area contributed by atoms with Gasteiger partial charge >= 0.3 is 0 Å². The van der Waals surface area contributed by atoms with Gasteiger partial charge in [0.05, 0.1) is 18.8 Å². The molecule has 3 fully saturated rings. The molecule has 5 heteroatoms. The molecule has 0 aromatic carbocycles. The third kappa shape index (κ3) is 3.26. The Balaban J connectivity index is 1.55. The molecule has 2 aliphatic heterocycles. The molecule has 1 saturated carbocycles. The lowest BCUT2D eigenvalue weighted by Crippen LogP contribution is -2.59. The second-order valence-corrected chi connectivity index (χ2v) is 6.87. The number of hydrogen-bond donors (Lipinski definition) is 1. The van der Waals surface area contributed by atoms with Crippen molar-refractivity contribution in [2.75, 3.05) is 33.3 Å². The molecule has 0 aromatic heterocycles. The van der Waals surface area contributed by atoms with Gasteiger partial charge in [0.2, 0.25) is 0 Å². The Morgan fingerprint density at radius 1 is 1.10 bits per heavy atom. The van der Waals surface area contributed by atoms with E-state index in [0.717, 1.165) is 18.3 Å². The van der Waals surface area contributed by atoms with Crippen molar-refractivity contribution in [3.05, 3.63) is 0 Å². The van der Waals surface area contributed by atoms with Crippen molar-refractivity contribution in [2.45, 2.75) is 56.7 Å². The lowest BCUT2D eigenvalue weighted by Gasteiger charge is -2.45. The fourth-order valence-electron chi connectivity index (χ4n) is 3.76. The highest BCUT2D eigenvalue weighted by Crippen LogP contribution is 2.28. The SMILES string of the molecule is CN1CCC(NC(=S)N2CCO[C@H]3CCCC[C@@H]32)CC1. The van der Waals surface area contributed by atoms with Gasteiger partial charge in [-0.1, -0.05) is 12.8 Å². The first-order valence-corrected chi connectivity index (χ1v) is 8.52. The lowest BCUT2D eigenvalue weighted by molar-refractivity contribution is -0.0641. The molecule has 2 heterocycles. The van der Waals surface area contributed by atoms with Crippen LogP contribution in [-0.4, -0.2) is 66.4 Å². The van der Waals surface area contributed by atoms with E-state index in [9.17, 15) is 0 Å². The smallest absolute Gasteiger partial charge is 0.169 e. The fourth-order valence-corrected chi connectivity index (χ4v) is 4.15. The van der Waals surface area contributed by atoms with Crippen LogP contribution >= 0.6 is 12.2 Å². The molecule has 2 saturated heterocycles. The monoisotopic (exact) mass is 297 g/mol. The summed E-state index contributed by atoms with van der Waals surface area (Å²) in [6.45, 7) is 4.14. The largest absolute Gasteiger partial charge is 0.374 e. The summed E-state index contributed by atoms with van der Waals surface area (Å²) in [5.41, 5.74) is 0. The van der Waals surface area contributed by atoms with Crippen LogP contribution in [0.3, 0.4) is 0 Å². The van der Waals surface area contributed by atoms with Gasteiger partial charge in [0.15, 0.2) is 5.11 Å². The summed E-state index contributed by atoms with van der Waals surface area (Å²) >= 11 is 5.70. The van der Waals surface area contributed by atoms with Crippen LogP contribution in [0.1, 0.15) is 38.5 Å². The van der Waals surface area contributed by atoms with E-state index in [1.165, 1.54) is 51.6 Å². The van der Waals surface area contributed by atoms with Crippen molar-refractivity contribution in [1.82, 2.24) is 15.1 Å². The lowest BCUT2D eigenvalue weighted by atomic mass is 9.90. The molecule has 20 heavy (non-hydrogen) atoms. The number of rotatable bonds is 1. The van der Waals surface area contributed by atoms with E-state index in [4.69, 9.17) is 17.0 Å². The van der Waals surface area contributed by atoms with E-state index in [2.05, 4.69) is 22.2 Å². The van der Waals surface area contributed by atoms with Crippen molar-refractivity contribution in [1.29, 1.82) is 0 Å². The average molecular weight is 297 g/mol. The maximum atomic E-state index is 5.93. The molecule has 0 radical (unpaired) electrons. The summed E-state index contributed by atoms with van der Waals surface area (Å²) in [7, 11) is 2.20. The molecule has 3 aliphatic rings. The normalized spacial score (nSPS) is 32.8. The molecule has 114 valence electrons.